The van der Waals surface area contributed by atoms with Gasteiger partial charge in [-0.3, -0.25) is 0 Å². The van der Waals surface area contributed by atoms with Gasteiger partial charge in [-0.25, -0.2) is 9.18 Å². The molecule has 0 atom stereocenters. The fourth-order valence-corrected chi connectivity index (χ4v) is 1.70. The first-order chi connectivity index (χ1) is 8.79. The fourth-order valence-electron chi connectivity index (χ4n) is 1.70. The van der Waals surface area contributed by atoms with E-state index in [1.807, 2.05) is 0 Å². The van der Waals surface area contributed by atoms with Crippen molar-refractivity contribution < 1.29 is 17.6 Å². The van der Waals surface area contributed by atoms with Crippen LogP contribution in [0.4, 0.5) is 17.6 Å². The van der Waals surface area contributed by atoms with E-state index in [-0.39, 0.29) is 16.8 Å². The van der Waals surface area contributed by atoms with Crippen LogP contribution in [0.2, 0.25) is 0 Å². The van der Waals surface area contributed by atoms with E-state index in [4.69, 9.17) is 0 Å². The second kappa shape index (κ2) is 4.49. The molecule has 1 aromatic carbocycles. The van der Waals surface area contributed by atoms with Gasteiger partial charge in [0.05, 0.1) is 17.5 Å². The van der Waals surface area contributed by atoms with Gasteiger partial charge in [0.1, 0.15) is 0 Å². The molecular formula is C12H8F4N2O. The van der Waals surface area contributed by atoms with Crippen LogP contribution in [-0.4, -0.2) is 9.97 Å². The highest BCUT2D eigenvalue weighted by Crippen LogP contribution is 2.32. The van der Waals surface area contributed by atoms with Crippen LogP contribution in [0.3, 0.4) is 0 Å². The zero-order chi connectivity index (χ0) is 14.2. The molecule has 0 radical (unpaired) electrons. The molecule has 19 heavy (non-hydrogen) atoms. The van der Waals surface area contributed by atoms with E-state index < -0.39 is 23.2 Å². The second-order valence-electron chi connectivity index (χ2n) is 3.94. The van der Waals surface area contributed by atoms with Crippen molar-refractivity contribution in [3.05, 3.63) is 51.8 Å². The molecule has 1 heterocycles. The summed E-state index contributed by atoms with van der Waals surface area (Å²) >= 11 is 0. The van der Waals surface area contributed by atoms with Crippen molar-refractivity contribution in [2.24, 2.45) is 0 Å². The molecule has 2 aromatic rings. The van der Waals surface area contributed by atoms with Crippen molar-refractivity contribution in [3.8, 4) is 11.3 Å². The smallest absolute Gasteiger partial charge is 0.303 e. The minimum absolute atomic E-state index is 0.175. The molecule has 100 valence electrons. The third-order valence-corrected chi connectivity index (χ3v) is 2.59. The molecule has 0 amide bonds. The van der Waals surface area contributed by atoms with Crippen LogP contribution in [0.5, 0.6) is 0 Å². The van der Waals surface area contributed by atoms with Crippen LogP contribution in [0.15, 0.2) is 29.2 Å². The van der Waals surface area contributed by atoms with Gasteiger partial charge < -0.3 is 4.98 Å². The molecule has 0 aliphatic rings. The summed E-state index contributed by atoms with van der Waals surface area (Å²) in [4.78, 5) is 16.4. The lowest BCUT2D eigenvalue weighted by molar-refractivity contribution is -0.137. The Morgan fingerprint density at radius 1 is 1.26 bits per heavy atom. The van der Waals surface area contributed by atoms with Gasteiger partial charge in [-0.2, -0.15) is 18.2 Å². The normalized spacial score (nSPS) is 11.6. The summed E-state index contributed by atoms with van der Waals surface area (Å²) in [6, 6.07) is 2.85. The minimum atomic E-state index is -4.46. The first-order valence-corrected chi connectivity index (χ1v) is 5.22. The van der Waals surface area contributed by atoms with Gasteiger partial charge in [-0.1, -0.05) is 6.07 Å². The first-order valence-electron chi connectivity index (χ1n) is 5.22. The van der Waals surface area contributed by atoms with Crippen LogP contribution in [0, 0.1) is 12.7 Å². The maximum Gasteiger partial charge on any atom is 0.416 e. The van der Waals surface area contributed by atoms with Crippen molar-refractivity contribution in [2.75, 3.05) is 0 Å². The molecule has 3 nitrogen and oxygen atoms in total. The average Bonchev–Trinajstić information content (AvgIpc) is 2.31. The predicted octanol–water partition coefficient (Wildman–Crippen LogP) is 2.90. The molecule has 0 aliphatic heterocycles. The largest absolute Gasteiger partial charge is 0.416 e. The van der Waals surface area contributed by atoms with E-state index in [1.54, 1.807) is 0 Å². The van der Waals surface area contributed by atoms with E-state index in [0.717, 1.165) is 24.4 Å². The van der Waals surface area contributed by atoms with Gasteiger partial charge in [0.2, 0.25) is 0 Å². The van der Waals surface area contributed by atoms with E-state index in [1.165, 1.54) is 6.92 Å². The van der Waals surface area contributed by atoms with Gasteiger partial charge in [0.15, 0.2) is 5.82 Å². The van der Waals surface area contributed by atoms with Gasteiger partial charge >= 0.3 is 11.9 Å². The Balaban J connectivity index is 2.59. The van der Waals surface area contributed by atoms with E-state index in [0.29, 0.717) is 0 Å². The zero-order valence-electron chi connectivity index (χ0n) is 9.68. The summed E-state index contributed by atoms with van der Waals surface area (Å²) in [6.07, 6.45) is -3.74. The number of rotatable bonds is 1. The summed E-state index contributed by atoms with van der Waals surface area (Å²) in [5.74, 6) is -0.803. The monoisotopic (exact) mass is 272 g/mol. The molecule has 7 heteroatoms. The van der Waals surface area contributed by atoms with Crippen molar-refractivity contribution in [3.63, 3.8) is 0 Å². The summed E-state index contributed by atoms with van der Waals surface area (Å²) in [7, 11) is 0. The molecule has 1 N–H and O–H groups in total. The maximum absolute atomic E-state index is 13.5. The van der Waals surface area contributed by atoms with Crippen molar-refractivity contribution >= 4 is 0 Å². The number of H-pyrrole nitrogens is 1. The number of alkyl halides is 3. The number of benzene rings is 1. The number of nitrogens with one attached hydrogen (secondary N) is 1. The van der Waals surface area contributed by atoms with Crippen LogP contribution in [0.1, 0.15) is 11.1 Å². The fraction of sp³-hybridized carbons (Fsp3) is 0.167. The van der Waals surface area contributed by atoms with Crippen LogP contribution < -0.4 is 5.69 Å². The minimum Gasteiger partial charge on any atom is -0.303 e. The molecule has 0 saturated carbocycles. The van der Waals surface area contributed by atoms with Crippen molar-refractivity contribution in [1.82, 2.24) is 9.97 Å². The Morgan fingerprint density at radius 2 is 1.95 bits per heavy atom. The number of hydrogen-bond donors (Lipinski definition) is 1. The average molecular weight is 272 g/mol. The number of hydrogen-bond acceptors (Lipinski definition) is 2. The van der Waals surface area contributed by atoms with Crippen molar-refractivity contribution in [1.29, 1.82) is 0 Å². The Labute approximate surface area is 104 Å². The molecule has 0 unspecified atom stereocenters. The van der Waals surface area contributed by atoms with Crippen LogP contribution in [0.25, 0.3) is 11.3 Å². The highest BCUT2D eigenvalue weighted by molar-refractivity contribution is 5.64. The third kappa shape index (κ3) is 2.64. The number of nitrogens with zero attached hydrogens (tertiary/aromatic N) is 1. The van der Waals surface area contributed by atoms with Crippen molar-refractivity contribution in [2.45, 2.75) is 13.1 Å². The lowest BCUT2D eigenvalue weighted by Gasteiger charge is -2.11. The Hall–Kier alpha value is -2.18. The van der Waals surface area contributed by atoms with Gasteiger partial charge in [-0.15, -0.1) is 0 Å². The van der Waals surface area contributed by atoms with Crippen LogP contribution >= 0.6 is 0 Å². The van der Waals surface area contributed by atoms with Gasteiger partial charge in [-0.05, 0) is 24.6 Å². The van der Waals surface area contributed by atoms with E-state index >= 15 is 0 Å². The highest BCUT2D eigenvalue weighted by atomic mass is 19.4. The van der Waals surface area contributed by atoms with Gasteiger partial charge in [0, 0.05) is 5.56 Å². The quantitative estimate of drug-likeness (QED) is 0.811. The molecule has 0 fully saturated rings. The lowest BCUT2D eigenvalue weighted by Crippen LogP contribution is -2.12. The summed E-state index contributed by atoms with van der Waals surface area (Å²) in [5, 5.41) is 0. The third-order valence-electron chi connectivity index (χ3n) is 2.59. The first kappa shape index (κ1) is 13.3. The Bertz CT molecular complexity index is 676. The lowest BCUT2D eigenvalue weighted by atomic mass is 10.0. The number of aromatic nitrogens is 2. The van der Waals surface area contributed by atoms with E-state index in [9.17, 15) is 22.4 Å². The molecule has 0 spiro atoms. The number of aryl methyl sites for hydroxylation is 1. The Kier molecular flexibility index (Phi) is 3.13. The zero-order valence-corrected chi connectivity index (χ0v) is 9.68. The predicted molar refractivity (Wildman–Crippen MR) is 60.0 cm³/mol. The topological polar surface area (TPSA) is 45.8 Å². The van der Waals surface area contributed by atoms with Crippen LogP contribution in [-0.2, 0) is 6.18 Å². The second-order valence-corrected chi connectivity index (χ2v) is 3.94. The summed E-state index contributed by atoms with van der Waals surface area (Å²) in [6.45, 7) is 1.41. The molecule has 2 rings (SSSR count). The summed E-state index contributed by atoms with van der Waals surface area (Å²) < 4.78 is 51.0. The van der Waals surface area contributed by atoms with Gasteiger partial charge in [0.25, 0.3) is 0 Å². The summed E-state index contributed by atoms with van der Waals surface area (Å²) in [5.41, 5.74) is -1.38. The molecule has 0 aliphatic carbocycles. The number of halogens is 4. The standard InChI is InChI=1S/C12H8F4N2O/c1-6-4-7(12(14,15)16)2-3-8(6)10-9(13)5-17-11(19)18-10/h2-5H,1H3,(H,17,18,19). The highest BCUT2D eigenvalue weighted by Gasteiger charge is 2.30. The maximum atomic E-state index is 13.5. The van der Waals surface area contributed by atoms with E-state index in [2.05, 4.69) is 9.97 Å². The molecule has 0 saturated heterocycles. The molecular weight excluding hydrogens is 264 g/mol. The number of aromatic amines is 1. The molecule has 1 aromatic heterocycles. The Morgan fingerprint density at radius 3 is 2.53 bits per heavy atom. The SMILES string of the molecule is Cc1cc(C(F)(F)F)ccc1-c1[nH]c(=O)ncc1F. The molecule has 0 bridgehead atoms.